The first-order chi connectivity index (χ1) is 15.3. The van der Waals surface area contributed by atoms with Crippen LogP contribution < -0.4 is 19.5 Å². The molecule has 2 heterocycles. The molecule has 2 aliphatic rings. The highest BCUT2D eigenvalue weighted by Crippen LogP contribution is 2.36. The number of fused-ring (bicyclic) bond motifs is 1. The smallest absolute Gasteiger partial charge is 0.231 e. The second kappa shape index (κ2) is 6.69. The summed E-state index contributed by atoms with van der Waals surface area (Å²) in [6.45, 7) is -4.91. The molecule has 2 atom stereocenters. The lowest BCUT2D eigenvalue weighted by atomic mass is 9.81. The molecule has 1 unspecified atom stereocenters. The molecule has 2 aliphatic heterocycles. The molecule has 0 aliphatic carbocycles. The summed E-state index contributed by atoms with van der Waals surface area (Å²) in [5.74, 6) is -4.19. The number of ether oxygens (including phenoxy) is 3. The lowest BCUT2D eigenvalue weighted by molar-refractivity contribution is 0.173. The number of piperidine rings is 1. The van der Waals surface area contributed by atoms with E-state index in [1.807, 2.05) is 0 Å². The van der Waals surface area contributed by atoms with E-state index in [0.717, 1.165) is 0 Å². The van der Waals surface area contributed by atoms with Gasteiger partial charge in [0.15, 0.2) is 11.5 Å². The Balaban J connectivity index is 1.69. The lowest BCUT2D eigenvalue weighted by Gasteiger charge is -2.32. The van der Waals surface area contributed by atoms with Crippen LogP contribution in [0.25, 0.3) is 0 Å². The highest BCUT2D eigenvalue weighted by Gasteiger charge is 2.27. The van der Waals surface area contributed by atoms with Crippen molar-refractivity contribution in [3.05, 3.63) is 53.7 Å². The summed E-state index contributed by atoms with van der Waals surface area (Å²) in [6.07, 6.45) is -0.0653. The first-order valence-corrected chi connectivity index (χ1v) is 7.43. The molecule has 1 N–H and O–H groups in total. The summed E-state index contributed by atoms with van der Waals surface area (Å²) in [4.78, 5) is 0. The fourth-order valence-electron chi connectivity index (χ4n) is 2.59. The molecule has 1 fully saturated rings. The second-order valence-electron chi connectivity index (χ2n) is 5.29. The highest BCUT2D eigenvalue weighted by molar-refractivity contribution is 5.46. The third-order valence-corrected chi connectivity index (χ3v) is 3.77. The Morgan fingerprint density at radius 3 is 3.00 bits per heavy atom. The monoisotopic (exact) mass is 338 g/mol. The van der Waals surface area contributed by atoms with E-state index in [0.29, 0.717) is 0 Å². The normalized spacial score (nSPS) is 35.0. The van der Waals surface area contributed by atoms with Gasteiger partial charge in [-0.2, -0.15) is 0 Å². The van der Waals surface area contributed by atoms with E-state index in [1.165, 1.54) is 18.2 Å². The molecule has 24 heavy (non-hydrogen) atoms. The van der Waals surface area contributed by atoms with Crippen molar-refractivity contribution in [3.63, 3.8) is 0 Å². The number of nitrogens with one attached hydrogen (secondary N) is 1. The number of hydrogen-bond donors (Lipinski definition) is 1. The summed E-state index contributed by atoms with van der Waals surface area (Å²) in [5.41, 5.74) is -0.392. The quantitative estimate of drug-likeness (QED) is 0.928. The molecule has 1 saturated heterocycles. The van der Waals surface area contributed by atoms with Crippen LogP contribution in [0.3, 0.4) is 0 Å². The lowest BCUT2D eigenvalue weighted by Crippen LogP contribution is -2.38. The molecule has 0 saturated carbocycles. The third-order valence-electron chi connectivity index (χ3n) is 3.77. The van der Waals surface area contributed by atoms with E-state index in [4.69, 9.17) is 26.5 Å². The molecular weight excluding hydrogens is 309 g/mol. The van der Waals surface area contributed by atoms with Crippen molar-refractivity contribution < 1.29 is 30.9 Å². The zero-order valence-corrected chi connectivity index (χ0v) is 12.5. The van der Waals surface area contributed by atoms with E-state index in [9.17, 15) is 4.39 Å². The van der Waals surface area contributed by atoms with Crippen LogP contribution in [0.5, 0.6) is 17.2 Å². The van der Waals surface area contributed by atoms with Crippen LogP contribution in [-0.2, 0) is 0 Å². The van der Waals surface area contributed by atoms with Crippen molar-refractivity contribution >= 4 is 0 Å². The van der Waals surface area contributed by atoms with Gasteiger partial charge in [0.25, 0.3) is 0 Å². The Hall–Kier alpha value is -2.27. The van der Waals surface area contributed by atoms with E-state index < -0.39 is 67.2 Å². The van der Waals surface area contributed by atoms with Gasteiger partial charge >= 0.3 is 0 Å². The molecule has 126 valence electrons. The summed E-state index contributed by atoms with van der Waals surface area (Å²) in [6, 6.07) is 0.940. The molecule has 0 aromatic heterocycles. The van der Waals surface area contributed by atoms with Gasteiger partial charge in [-0.25, -0.2) is 4.39 Å². The molecule has 0 spiro atoms. The van der Waals surface area contributed by atoms with Crippen molar-refractivity contribution in [2.45, 2.75) is 12.3 Å². The van der Waals surface area contributed by atoms with Crippen LogP contribution in [0.2, 0.25) is 0 Å². The average Bonchev–Trinajstić information content (AvgIpc) is 3.03. The molecule has 2 aromatic carbocycles. The first kappa shape index (κ1) is 8.21. The summed E-state index contributed by atoms with van der Waals surface area (Å²) in [5, 5.41) is 2.65. The zero-order valence-electron chi connectivity index (χ0n) is 21.5. The van der Waals surface area contributed by atoms with Crippen molar-refractivity contribution in [1.82, 2.24) is 5.32 Å². The topological polar surface area (TPSA) is 39.7 Å². The third kappa shape index (κ3) is 3.17. The van der Waals surface area contributed by atoms with Gasteiger partial charge in [0, 0.05) is 22.6 Å². The van der Waals surface area contributed by atoms with Crippen molar-refractivity contribution in [3.8, 4) is 17.2 Å². The largest absolute Gasteiger partial charge is 0.493 e. The van der Waals surface area contributed by atoms with E-state index in [-0.39, 0.29) is 30.2 Å². The molecule has 4 rings (SSSR count). The van der Waals surface area contributed by atoms with Gasteiger partial charge in [0.1, 0.15) is 14.3 Å². The van der Waals surface area contributed by atoms with Crippen LogP contribution in [0.15, 0.2) is 42.4 Å². The molecule has 0 radical (unpaired) electrons. The predicted octanol–water partition coefficient (Wildman–Crippen LogP) is 3.33. The number of benzene rings is 2. The maximum Gasteiger partial charge on any atom is 0.231 e. The van der Waals surface area contributed by atoms with Crippen molar-refractivity contribution in [2.75, 3.05) is 26.4 Å². The Bertz CT molecular complexity index is 1090. The second-order valence-corrected chi connectivity index (χ2v) is 5.29. The molecule has 4 nitrogen and oxygen atoms in total. The van der Waals surface area contributed by atoms with Gasteiger partial charge in [0.05, 0.1) is 12.1 Å². The fourth-order valence-corrected chi connectivity index (χ4v) is 2.59. The van der Waals surface area contributed by atoms with E-state index in [1.54, 1.807) is 0 Å². The summed E-state index contributed by atoms with van der Waals surface area (Å²) in [7, 11) is 0. The summed E-state index contributed by atoms with van der Waals surface area (Å²) >= 11 is 0. The van der Waals surface area contributed by atoms with Gasteiger partial charge in [0.2, 0.25) is 6.75 Å². The van der Waals surface area contributed by atoms with Crippen LogP contribution in [-0.4, -0.2) is 26.4 Å². The van der Waals surface area contributed by atoms with Gasteiger partial charge in [-0.3, -0.25) is 0 Å². The minimum absolute atomic E-state index is 0.0169. The van der Waals surface area contributed by atoms with Gasteiger partial charge in [-0.05, 0) is 48.6 Å². The van der Waals surface area contributed by atoms with Crippen molar-refractivity contribution in [1.29, 1.82) is 0 Å². The number of halogens is 1. The summed E-state index contributed by atoms with van der Waals surface area (Å²) < 4.78 is 103. The van der Waals surface area contributed by atoms with Gasteiger partial charge in [-0.1, -0.05) is 12.1 Å². The van der Waals surface area contributed by atoms with Crippen LogP contribution in [0.4, 0.5) is 4.39 Å². The zero-order chi connectivity index (χ0) is 24.3. The van der Waals surface area contributed by atoms with Gasteiger partial charge in [-0.15, -0.1) is 0 Å². The molecule has 0 bridgehead atoms. The van der Waals surface area contributed by atoms with Crippen molar-refractivity contribution in [2.24, 2.45) is 5.92 Å². The van der Waals surface area contributed by atoms with Crippen LogP contribution in [0.1, 0.15) is 30.2 Å². The SMILES string of the molecule is [2H]c1c([2H])c(C2([2H])CCNC([2H])([2H])[C@H]2COc2ccc3c(c2)OC([2H])([2H])O3)c([2H])c([2H])c1F. The minimum atomic E-state index is -2.33. The molecule has 0 amide bonds. The Morgan fingerprint density at radius 1 is 1.29 bits per heavy atom. The first-order valence-electron chi connectivity index (χ1n) is 11.9. The number of rotatable bonds is 4. The molecular formula is C19H20FNO3. The molecule has 2 aromatic rings. The Morgan fingerprint density at radius 2 is 2.12 bits per heavy atom. The molecule has 5 heteroatoms. The fraction of sp³-hybridized carbons (Fsp3) is 0.368. The maximum absolute atomic E-state index is 14.1. The maximum atomic E-state index is 14.1. The van der Waals surface area contributed by atoms with E-state index >= 15 is 0 Å². The van der Waals surface area contributed by atoms with E-state index in [2.05, 4.69) is 5.32 Å². The van der Waals surface area contributed by atoms with Crippen LogP contribution in [0, 0.1) is 11.7 Å². The Labute approximate surface area is 153 Å². The minimum Gasteiger partial charge on any atom is -0.493 e. The predicted molar refractivity (Wildman–Crippen MR) is 88.2 cm³/mol. The van der Waals surface area contributed by atoms with Gasteiger partial charge < -0.3 is 19.5 Å². The standard InChI is InChI=1S/C19H20FNO3/c20-15-3-1-13(2-4-15)17-7-8-21-10-14(17)11-22-16-5-6-18-19(9-16)24-12-23-18/h1-6,9,14,17,21H,7-8,10-12H2/t14-,17?/m0/s1/i1D,2D,3D,4D,10D2,12D2,17D. The highest BCUT2D eigenvalue weighted by atomic mass is 19.1. The van der Waals surface area contributed by atoms with Crippen LogP contribution >= 0.6 is 0 Å². The Kier molecular flexibility index (Phi) is 2.29. The average molecular weight is 338 g/mol. The number of hydrogen-bond acceptors (Lipinski definition) is 4.